The molecule has 160 valence electrons. The van der Waals surface area contributed by atoms with E-state index in [4.69, 9.17) is 4.74 Å². The summed E-state index contributed by atoms with van der Waals surface area (Å²) in [5.41, 5.74) is 2.30. The van der Waals surface area contributed by atoms with Gasteiger partial charge >= 0.3 is 6.03 Å². The quantitative estimate of drug-likeness (QED) is 0.647. The number of nitrogens with one attached hydrogen (secondary N) is 1. The van der Waals surface area contributed by atoms with Gasteiger partial charge < -0.3 is 4.74 Å². The first-order valence-corrected chi connectivity index (χ1v) is 10.3. The predicted molar refractivity (Wildman–Crippen MR) is 115 cm³/mol. The average molecular weight is 420 g/mol. The number of imide groups is 1. The normalized spacial score (nSPS) is 13.5. The minimum atomic E-state index is -0.453. The Morgan fingerprint density at radius 3 is 2.90 bits per heavy atom. The highest BCUT2D eigenvalue weighted by Crippen LogP contribution is 2.28. The van der Waals surface area contributed by atoms with Crippen molar-refractivity contribution in [3.63, 3.8) is 0 Å². The smallest absolute Gasteiger partial charge is 0.329 e. The van der Waals surface area contributed by atoms with E-state index in [2.05, 4.69) is 27.3 Å². The molecule has 4 rings (SSSR count). The molecule has 0 spiro atoms. The molecule has 9 heteroatoms. The van der Waals surface area contributed by atoms with Crippen molar-refractivity contribution in [1.29, 1.82) is 0 Å². The van der Waals surface area contributed by atoms with Gasteiger partial charge in [0.25, 0.3) is 0 Å². The molecular weight excluding hydrogens is 396 g/mol. The van der Waals surface area contributed by atoms with Gasteiger partial charge in [0.1, 0.15) is 17.3 Å². The molecule has 0 aliphatic carbocycles. The molecule has 1 N–H and O–H groups in total. The first kappa shape index (κ1) is 20.5. The Morgan fingerprint density at radius 1 is 1.29 bits per heavy atom. The van der Waals surface area contributed by atoms with Crippen LogP contribution in [0, 0.1) is 6.92 Å². The number of ether oxygens (including phenoxy) is 1. The first-order valence-electron chi connectivity index (χ1n) is 10.3. The van der Waals surface area contributed by atoms with Crippen LogP contribution in [-0.4, -0.2) is 43.1 Å². The molecule has 3 aromatic heterocycles. The maximum Gasteiger partial charge on any atom is 0.329 e. The van der Waals surface area contributed by atoms with E-state index in [9.17, 15) is 9.59 Å². The van der Waals surface area contributed by atoms with Crippen molar-refractivity contribution >= 4 is 17.8 Å². The van der Waals surface area contributed by atoms with Crippen LogP contribution in [0.1, 0.15) is 31.9 Å². The van der Waals surface area contributed by atoms with Gasteiger partial charge in [0.05, 0.1) is 17.6 Å². The molecule has 3 amide bonds. The van der Waals surface area contributed by atoms with Crippen molar-refractivity contribution in [2.45, 2.75) is 39.7 Å². The van der Waals surface area contributed by atoms with E-state index in [-0.39, 0.29) is 5.91 Å². The number of urea groups is 1. The Hall–Kier alpha value is -3.75. The Bertz CT molecular complexity index is 1110. The zero-order valence-corrected chi connectivity index (χ0v) is 17.5. The SMILES string of the molecule is CCCn1cc(-c2cc(Oc3ccc(NC(=O)N4CCCC4=O)nc3C)ccn2)cn1. The third-order valence-electron chi connectivity index (χ3n) is 4.93. The van der Waals surface area contributed by atoms with Crippen LogP contribution < -0.4 is 10.1 Å². The maximum absolute atomic E-state index is 12.2. The zero-order chi connectivity index (χ0) is 21.8. The molecule has 9 nitrogen and oxygen atoms in total. The van der Waals surface area contributed by atoms with Crippen molar-refractivity contribution in [1.82, 2.24) is 24.6 Å². The third kappa shape index (κ3) is 4.71. The number of carbonyl (C=O) groups excluding carboxylic acids is 2. The Morgan fingerprint density at radius 2 is 2.16 bits per heavy atom. The van der Waals surface area contributed by atoms with E-state index in [1.165, 1.54) is 4.90 Å². The molecule has 4 heterocycles. The van der Waals surface area contributed by atoms with Gasteiger partial charge in [0.2, 0.25) is 5.91 Å². The van der Waals surface area contributed by atoms with Crippen LogP contribution >= 0.6 is 0 Å². The molecule has 1 aliphatic rings. The van der Waals surface area contributed by atoms with Gasteiger partial charge in [-0.05, 0) is 38.0 Å². The van der Waals surface area contributed by atoms with E-state index >= 15 is 0 Å². The molecule has 3 aromatic rings. The van der Waals surface area contributed by atoms with Gasteiger partial charge in [-0.3, -0.25) is 24.7 Å². The Balaban J connectivity index is 1.45. The zero-order valence-electron chi connectivity index (χ0n) is 17.5. The van der Waals surface area contributed by atoms with Crippen LogP contribution in [0.4, 0.5) is 10.6 Å². The number of anilines is 1. The van der Waals surface area contributed by atoms with Crippen LogP contribution in [0.25, 0.3) is 11.3 Å². The number of aryl methyl sites for hydroxylation is 2. The number of carbonyl (C=O) groups is 2. The largest absolute Gasteiger partial charge is 0.455 e. The van der Waals surface area contributed by atoms with Gasteiger partial charge in [0, 0.05) is 43.5 Å². The summed E-state index contributed by atoms with van der Waals surface area (Å²) in [7, 11) is 0. The first-order chi connectivity index (χ1) is 15.0. The lowest BCUT2D eigenvalue weighted by atomic mass is 10.2. The molecule has 0 saturated carbocycles. The highest BCUT2D eigenvalue weighted by Gasteiger charge is 2.26. The van der Waals surface area contributed by atoms with Gasteiger partial charge in [-0.25, -0.2) is 9.78 Å². The number of hydrogen-bond acceptors (Lipinski definition) is 6. The number of rotatable bonds is 6. The summed E-state index contributed by atoms with van der Waals surface area (Å²) < 4.78 is 7.89. The topological polar surface area (TPSA) is 102 Å². The van der Waals surface area contributed by atoms with Gasteiger partial charge in [-0.15, -0.1) is 0 Å². The fourth-order valence-electron chi connectivity index (χ4n) is 3.37. The number of pyridine rings is 2. The second-order valence-corrected chi connectivity index (χ2v) is 7.33. The standard InChI is InChI=1S/C22H24N6O3/c1-3-10-27-14-16(13-24-27)18-12-17(8-9-23-18)31-19-6-7-20(25-15(19)2)26-22(30)28-11-4-5-21(28)29/h6-9,12-14H,3-5,10-11H2,1-2H3,(H,25,26,30). The van der Waals surface area contributed by atoms with Crippen LogP contribution in [-0.2, 0) is 11.3 Å². The van der Waals surface area contributed by atoms with Crippen LogP contribution in [0.3, 0.4) is 0 Å². The summed E-state index contributed by atoms with van der Waals surface area (Å²) >= 11 is 0. The molecule has 0 radical (unpaired) electrons. The molecule has 1 aliphatic heterocycles. The van der Waals surface area contributed by atoms with Crippen molar-refractivity contribution in [3.05, 3.63) is 48.5 Å². The third-order valence-corrected chi connectivity index (χ3v) is 4.93. The molecule has 0 atom stereocenters. The van der Waals surface area contributed by atoms with E-state index in [1.807, 2.05) is 16.9 Å². The molecule has 1 saturated heterocycles. The fraction of sp³-hybridized carbons (Fsp3) is 0.318. The summed E-state index contributed by atoms with van der Waals surface area (Å²) in [6, 6.07) is 6.56. The fourth-order valence-corrected chi connectivity index (χ4v) is 3.37. The second kappa shape index (κ2) is 8.95. The number of amides is 3. The number of hydrogen-bond donors (Lipinski definition) is 1. The number of nitrogens with zero attached hydrogens (tertiary/aromatic N) is 5. The van der Waals surface area contributed by atoms with Crippen LogP contribution in [0.5, 0.6) is 11.5 Å². The van der Waals surface area contributed by atoms with Gasteiger partial charge in [-0.2, -0.15) is 5.10 Å². The minimum absolute atomic E-state index is 0.164. The maximum atomic E-state index is 12.2. The lowest BCUT2D eigenvalue weighted by Gasteiger charge is -2.15. The lowest BCUT2D eigenvalue weighted by Crippen LogP contribution is -2.35. The molecule has 0 aromatic carbocycles. The highest BCUT2D eigenvalue weighted by atomic mass is 16.5. The van der Waals surface area contributed by atoms with Crippen molar-refractivity contribution in [3.8, 4) is 22.8 Å². The second-order valence-electron chi connectivity index (χ2n) is 7.33. The molecule has 0 unspecified atom stereocenters. The highest BCUT2D eigenvalue weighted by molar-refractivity contribution is 6.01. The molecular formula is C22H24N6O3. The van der Waals surface area contributed by atoms with Gasteiger partial charge in [0.15, 0.2) is 0 Å². The van der Waals surface area contributed by atoms with Crippen molar-refractivity contribution in [2.24, 2.45) is 0 Å². The Labute approximate surface area is 180 Å². The Kier molecular flexibility index (Phi) is 5.92. The van der Waals surface area contributed by atoms with Crippen LogP contribution in [0.2, 0.25) is 0 Å². The van der Waals surface area contributed by atoms with Crippen molar-refractivity contribution < 1.29 is 14.3 Å². The summed E-state index contributed by atoms with van der Waals surface area (Å²) in [6.45, 7) is 5.19. The predicted octanol–water partition coefficient (Wildman–Crippen LogP) is 4.01. The van der Waals surface area contributed by atoms with E-state index < -0.39 is 6.03 Å². The minimum Gasteiger partial charge on any atom is -0.455 e. The van der Waals surface area contributed by atoms with Crippen LogP contribution in [0.15, 0.2) is 42.9 Å². The van der Waals surface area contributed by atoms with E-state index in [1.54, 1.807) is 37.5 Å². The van der Waals surface area contributed by atoms with E-state index in [0.29, 0.717) is 42.4 Å². The summed E-state index contributed by atoms with van der Waals surface area (Å²) in [6.07, 6.45) is 7.54. The number of likely N-dealkylation sites (tertiary alicyclic amines) is 1. The summed E-state index contributed by atoms with van der Waals surface area (Å²) in [4.78, 5) is 34.0. The summed E-state index contributed by atoms with van der Waals surface area (Å²) in [5.74, 6) is 1.39. The summed E-state index contributed by atoms with van der Waals surface area (Å²) in [5, 5.41) is 7.01. The number of aromatic nitrogens is 4. The lowest BCUT2D eigenvalue weighted by molar-refractivity contribution is -0.125. The van der Waals surface area contributed by atoms with Crippen molar-refractivity contribution in [2.75, 3.05) is 11.9 Å². The molecule has 31 heavy (non-hydrogen) atoms. The molecule has 0 bridgehead atoms. The average Bonchev–Trinajstić information content (AvgIpc) is 3.40. The van der Waals surface area contributed by atoms with Gasteiger partial charge in [-0.1, -0.05) is 6.92 Å². The van der Waals surface area contributed by atoms with E-state index in [0.717, 1.165) is 24.2 Å². The molecule has 1 fully saturated rings. The monoisotopic (exact) mass is 420 g/mol.